The second-order valence-corrected chi connectivity index (χ2v) is 8.10. The summed E-state index contributed by atoms with van der Waals surface area (Å²) in [5, 5.41) is 12.1. The number of barbiturate groups is 1. The van der Waals surface area contributed by atoms with E-state index in [9.17, 15) is 19.2 Å². The molecule has 2 N–H and O–H groups in total. The van der Waals surface area contributed by atoms with Gasteiger partial charge in [0.1, 0.15) is 11.3 Å². The molecule has 2 aromatic carbocycles. The van der Waals surface area contributed by atoms with E-state index < -0.39 is 23.8 Å². The number of anilines is 1. The Morgan fingerprint density at radius 1 is 1.06 bits per heavy atom. The number of carboxylic acid groups (broad SMARTS) is 1. The van der Waals surface area contributed by atoms with Gasteiger partial charge >= 0.3 is 12.0 Å². The maximum absolute atomic E-state index is 13.3. The van der Waals surface area contributed by atoms with Crippen molar-refractivity contribution in [1.82, 2.24) is 9.88 Å². The number of imide groups is 2. The summed E-state index contributed by atoms with van der Waals surface area (Å²) in [6.07, 6.45) is 3.20. The molecule has 4 aromatic rings. The predicted molar refractivity (Wildman–Crippen MR) is 127 cm³/mol. The summed E-state index contributed by atoms with van der Waals surface area (Å²) in [5.41, 5.74) is 2.42. The van der Waals surface area contributed by atoms with Crippen LogP contribution in [-0.2, 0) is 16.1 Å². The van der Waals surface area contributed by atoms with E-state index in [1.807, 2.05) is 41.8 Å². The highest BCUT2D eigenvalue weighted by molar-refractivity contribution is 6.39. The van der Waals surface area contributed by atoms with Crippen molar-refractivity contribution < 1.29 is 28.7 Å². The van der Waals surface area contributed by atoms with Crippen LogP contribution in [0.15, 0.2) is 76.9 Å². The molecule has 1 aliphatic rings. The second kappa shape index (κ2) is 8.45. The Morgan fingerprint density at radius 2 is 1.86 bits per heavy atom. The van der Waals surface area contributed by atoms with Gasteiger partial charge in [-0.1, -0.05) is 30.3 Å². The Morgan fingerprint density at radius 3 is 2.60 bits per heavy atom. The number of hydrogen-bond acceptors (Lipinski definition) is 5. The summed E-state index contributed by atoms with van der Waals surface area (Å²) < 4.78 is 7.21. The van der Waals surface area contributed by atoms with Crippen molar-refractivity contribution in [2.75, 3.05) is 4.90 Å². The van der Waals surface area contributed by atoms with Crippen LogP contribution in [0.4, 0.5) is 10.5 Å². The van der Waals surface area contributed by atoms with Crippen molar-refractivity contribution in [2.24, 2.45) is 0 Å². The number of amides is 4. The summed E-state index contributed by atoms with van der Waals surface area (Å²) >= 11 is 0. The van der Waals surface area contributed by atoms with Gasteiger partial charge in [-0.05, 0) is 48.9 Å². The lowest BCUT2D eigenvalue weighted by molar-refractivity contribution is -0.122. The molecule has 0 spiro atoms. The summed E-state index contributed by atoms with van der Waals surface area (Å²) in [6.45, 7) is 2.08. The summed E-state index contributed by atoms with van der Waals surface area (Å²) in [6, 6.07) is 16.4. The Kier molecular flexibility index (Phi) is 5.29. The average molecular weight is 469 g/mol. The predicted octanol–water partition coefficient (Wildman–Crippen LogP) is 3.96. The number of nitrogens with zero attached hydrogens (tertiary/aromatic N) is 2. The molecule has 5 rings (SSSR count). The molecule has 1 aliphatic heterocycles. The monoisotopic (exact) mass is 469 g/mol. The van der Waals surface area contributed by atoms with Gasteiger partial charge in [-0.25, -0.2) is 14.5 Å². The highest BCUT2D eigenvalue weighted by atomic mass is 16.4. The summed E-state index contributed by atoms with van der Waals surface area (Å²) in [7, 11) is 0. The van der Waals surface area contributed by atoms with Gasteiger partial charge in [-0.15, -0.1) is 0 Å². The van der Waals surface area contributed by atoms with Crippen molar-refractivity contribution in [1.29, 1.82) is 0 Å². The van der Waals surface area contributed by atoms with Crippen LogP contribution in [-0.4, -0.2) is 33.5 Å². The lowest BCUT2D eigenvalue weighted by atomic mass is 10.1. The van der Waals surface area contributed by atoms with Crippen molar-refractivity contribution in [2.45, 2.75) is 13.5 Å². The minimum absolute atomic E-state index is 0.163. The number of carbonyl (C=O) groups excluding carboxylic acids is 3. The fourth-order valence-corrected chi connectivity index (χ4v) is 4.08. The fraction of sp³-hybridized carbons (Fsp3) is 0.0769. The number of rotatable bonds is 5. The third-order valence-electron chi connectivity index (χ3n) is 5.68. The molecule has 4 amide bonds. The van der Waals surface area contributed by atoms with Gasteiger partial charge in [0.05, 0.1) is 12.2 Å². The first-order valence-electron chi connectivity index (χ1n) is 10.7. The molecule has 9 nitrogen and oxygen atoms in total. The van der Waals surface area contributed by atoms with Gasteiger partial charge in [-0.3, -0.25) is 14.9 Å². The molecule has 0 radical (unpaired) electrons. The van der Waals surface area contributed by atoms with Crippen LogP contribution >= 0.6 is 0 Å². The standard InChI is InChI=1S/C26H19N3O6/c1-15-5-4-6-17(11-15)29-24(31)20(23(30)27-26(29)34)12-16-13-28(21-8-3-2-7-19(16)21)14-18-9-10-22(35-18)25(32)33/h2-13H,14H2,1H3,(H,32,33)(H,27,30,34)/b20-12+. The normalized spacial score (nSPS) is 15.2. The van der Waals surface area contributed by atoms with Crippen LogP contribution in [0.25, 0.3) is 17.0 Å². The number of urea groups is 1. The Balaban J connectivity index is 1.55. The highest BCUT2D eigenvalue weighted by Crippen LogP contribution is 2.27. The minimum atomic E-state index is -1.16. The van der Waals surface area contributed by atoms with Crippen LogP contribution in [0.1, 0.15) is 27.4 Å². The first-order valence-corrected chi connectivity index (χ1v) is 10.7. The molecular formula is C26H19N3O6. The van der Waals surface area contributed by atoms with Crippen LogP contribution in [0.3, 0.4) is 0 Å². The third kappa shape index (κ3) is 3.99. The van der Waals surface area contributed by atoms with E-state index in [1.165, 1.54) is 12.1 Å². The zero-order chi connectivity index (χ0) is 24.7. The quantitative estimate of drug-likeness (QED) is 0.337. The van der Waals surface area contributed by atoms with Crippen LogP contribution < -0.4 is 10.2 Å². The summed E-state index contributed by atoms with van der Waals surface area (Å²) in [4.78, 5) is 50.5. The largest absolute Gasteiger partial charge is 0.475 e. The number of hydrogen-bond donors (Lipinski definition) is 2. The average Bonchev–Trinajstić information content (AvgIpc) is 3.42. The van der Waals surface area contributed by atoms with Crippen molar-refractivity contribution in [3.8, 4) is 0 Å². The van der Waals surface area contributed by atoms with Gasteiger partial charge in [0.25, 0.3) is 11.8 Å². The van der Waals surface area contributed by atoms with E-state index in [0.717, 1.165) is 21.4 Å². The first-order chi connectivity index (χ1) is 16.8. The minimum Gasteiger partial charge on any atom is -0.475 e. The highest BCUT2D eigenvalue weighted by Gasteiger charge is 2.37. The van der Waals surface area contributed by atoms with E-state index in [-0.39, 0.29) is 17.9 Å². The Labute approximate surface area is 198 Å². The van der Waals surface area contributed by atoms with E-state index in [4.69, 9.17) is 9.52 Å². The molecule has 0 atom stereocenters. The van der Waals surface area contributed by atoms with E-state index in [2.05, 4.69) is 5.32 Å². The number of benzene rings is 2. The second-order valence-electron chi connectivity index (χ2n) is 8.10. The smallest absolute Gasteiger partial charge is 0.371 e. The van der Waals surface area contributed by atoms with Gasteiger partial charge in [0.2, 0.25) is 5.76 Å². The lowest BCUT2D eigenvalue weighted by Gasteiger charge is -2.26. The Bertz CT molecular complexity index is 1560. The van der Waals surface area contributed by atoms with Crippen molar-refractivity contribution >= 4 is 46.5 Å². The number of aryl methyl sites for hydroxylation is 1. The zero-order valence-corrected chi connectivity index (χ0v) is 18.5. The maximum atomic E-state index is 13.3. The van der Waals surface area contributed by atoms with E-state index >= 15 is 0 Å². The van der Waals surface area contributed by atoms with Crippen LogP contribution in [0.5, 0.6) is 0 Å². The van der Waals surface area contributed by atoms with Crippen molar-refractivity contribution in [3.05, 3.63) is 95.1 Å². The molecule has 1 fully saturated rings. The number of carboxylic acids is 1. The molecule has 1 saturated heterocycles. The number of aromatic carboxylic acids is 1. The first kappa shape index (κ1) is 21.9. The SMILES string of the molecule is Cc1cccc(N2C(=O)NC(=O)/C(=C\c3cn(Cc4ccc(C(=O)O)o4)c4ccccc34)C2=O)c1. The number of aromatic nitrogens is 1. The van der Waals surface area contributed by atoms with Gasteiger partial charge in [0, 0.05) is 22.7 Å². The number of carbonyl (C=O) groups is 4. The number of fused-ring (bicyclic) bond motifs is 1. The lowest BCUT2D eigenvalue weighted by Crippen LogP contribution is -2.54. The molecule has 3 heterocycles. The molecule has 0 bridgehead atoms. The van der Waals surface area contributed by atoms with Crippen LogP contribution in [0.2, 0.25) is 0 Å². The maximum Gasteiger partial charge on any atom is 0.371 e. The molecule has 0 aliphatic carbocycles. The number of furan rings is 1. The number of para-hydroxylation sites is 1. The number of nitrogens with one attached hydrogen (secondary N) is 1. The molecule has 0 saturated carbocycles. The molecule has 2 aromatic heterocycles. The summed E-state index contributed by atoms with van der Waals surface area (Å²) in [5.74, 6) is -2.39. The van der Waals surface area contributed by atoms with Gasteiger partial charge in [-0.2, -0.15) is 0 Å². The molecule has 174 valence electrons. The molecule has 35 heavy (non-hydrogen) atoms. The molecule has 0 unspecified atom stereocenters. The Hall–Kier alpha value is -4.92. The zero-order valence-electron chi connectivity index (χ0n) is 18.5. The van der Waals surface area contributed by atoms with E-state index in [0.29, 0.717) is 17.0 Å². The van der Waals surface area contributed by atoms with Gasteiger partial charge < -0.3 is 14.1 Å². The fourth-order valence-electron chi connectivity index (χ4n) is 4.08. The third-order valence-corrected chi connectivity index (χ3v) is 5.68. The topological polar surface area (TPSA) is 122 Å². The molecular weight excluding hydrogens is 450 g/mol. The van der Waals surface area contributed by atoms with Gasteiger partial charge in [0.15, 0.2) is 0 Å². The van der Waals surface area contributed by atoms with Crippen molar-refractivity contribution in [3.63, 3.8) is 0 Å². The van der Waals surface area contributed by atoms with E-state index in [1.54, 1.807) is 30.5 Å². The van der Waals surface area contributed by atoms with Crippen LogP contribution in [0, 0.1) is 6.92 Å². The molecule has 9 heteroatoms.